The van der Waals surface area contributed by atoms with E-state index in [1.54, 1.807) is 6.07 Å². The van der Waals surface area contributed by atoms with Gasteiger partial charge in [-0.2, -0.15) is 0 Å². The Morgan fingerprint density at radius 2 is 1.80 bits per heavy atom. The lowest BCUT2D eigenvalue weighted by Gasteiger charge is -2.47. The van der Waals surface area contributed by atoms with Gasteiger partial charge in [0.15, 0.2) is 11.5 Å². The Morgan fingerprint density at radius 1 is 1.00 bits per heavy atom. The lowest BCUT2D eigenvalue weighted by atomic mass is 9.96. The van der Waals surface area contributed by atoms with E-state index in [1.807, 2.05) is 17.0 Å². The number of nitrogens with zero attached hydrogens (tertiary/aromatic N) is 2. The average Bonchev–Trinajstić information content (AvgIpc) is 3.08. The Labute approximate surface area is 146 Å². The van der Waals surface area contributed by atoms with Crippen molar-refractivity contribution in [3.63, 3.8) is 0 Å². The molecule has 2 aromatic rings. The van der Waals surface area contributed by atoms with E-state index in [-0.39, 0.29) is 12.7 Å². The number of rotatable bonds is 2. The fraction of sp³-hybridized carbons (Fsp3) is 0.350. The third kappa shape index (κ3) is 2.55. The van der Waals surface area contributed by atoms with E-state index < -0.39 is 0 Å². The smallest absolute Gasteiger partial charge is 0.254 e. The molecule has 1 amide bonds. The lowest BCUT2D eigenvalue weighted by Crippen LogP contribution is -2.61. The second kappa shape index (κ2) is 5.77. The van der Waals surface area contributed by atoms with Crippen LogP contribution in [0.15, 0.2) is 42.5 Å². The molecule has 5 heteroatoms. The first-order valence-electron chi connectivity index (χ1n) is 8.78. The van der Waals surface area contributed by atoms with Crippen LogP contribution in [0.3, 0.4) is 0 Å². The summed E-state index contributed by atoms with van der Waals surface area (Å²) in [4.78, 5) is 17.1. The maximum atomic E-state index is 12.7. The van der Waals surface area contributed by atoms with Gasteiger partial charge in [-0.15, -0.1) is 0 Å². The minimum absolute atomic E-state index is 0.0759. The van der Waals surface area contributed by atoms with Crippen molar-refractivity contribution >= 4 is 5.91 Å². The molecule has 1 saturated heterocycles. The van der Waals surface area contributed by atoms with Gasteiger partial charge in [-0.05, 0) is 35.7 Å². The lowest BCUT2D eigenvalue weighted by molar-refractivity contribution is 0.0218. The van der Waals surface area contributed by atoms with Crippen molar-refractivity contribution in [1.82, 2.24) is 9.80 Å². The Kier molecular flexibility index (Phi) is 3.41. The molecule has 0 saturated carbocycles. The first-order valence-corrected chi connectivity index (χ1v) is 8.78. The fourth-order valence-corrected chi connectivity index (χ4v) is 3.89. The number of hydrogen-bond donors (Lipinski definition) is 0. The van der Waals surface area contributed by atoms with E-state index in [0.29, 0.717) is 23.1 Å². The quantitative estimate of drug-likeness (QED) is 0.844. The Bertz CT molecular complexity index is 829. The standard InChI is InChI=1S/C20H20N2O3/c23-20(15-5-6-18-19(9-15)25-13-24-18)22-11-17(12-22)21-8-7-14-3-1-2-4-16(14)10-21/h1-6,9,17H,7-8,10-13H2. The monoisotopic (exact) mass is 336 g/mol. The number of likely N-dealkylation sites (tertiary alicyclic amines) is 1. The summed E-state index contributed by atoms with van der Waals surface area (Å²) in [6.45, 7) is 3.90. The predicted octanol–water partition coefficient (Wildman–Crippen LogP) is 2.30. The van der Waals surface area contributed by atoms with Gasteiger partial charge in [0.2, 0.25) is 6.79 Å². The summed E-state index contributed by atoms with van der Waals surface area (Å²) in [6, 6.07) is 14.6. The van der Waals surface area contributed by atoms with Gasteiger partial charge < -0.3 is 14.4 Å². The van der Waals surface area contributed by atoms with Crippen molar-refractivity contribution in [1.29, 1.82) is 0 Å². The highest BCUT2D eigenvalue weighted by Gasteiger charge is 2.36. The average molecular weight is 336 g/mol. The number of fused-ring (bicyclic) bond motifs is 2. The minimum Gasteiger partial charge on any atom is -0.454 e. The highest BCUT2D eigenvalue weighted by Crippen LogP contribution is 2.33. The van der Waals surface area contributed by atoms with Gasteiger partial charge in [0.25, 0.3) is 5.91 Å². The van der Waals surface area contributed by atoms with E-state index in [0.717, 1.165) is 32.6 Å². The molecule has 1 fully saturated rings. The molecule has 5 rings (SSSR count). The second-order valence-electron chi connectivity index (χ2n) is 6.92. The molecule has 0 aliphatic carbocycles. The van der Waals surface area contributed by atoms with Crippen molar-refractivity contribution in [2.75, 3.05) is 26.4 Å². The van der Waals surface area contributed by atoms with E-state index >= 15 is 0 Å². The molecule has 2 aromatic carbocycles. The molecule has 0 aromatic heterocycles. The van der Waals surface area contributed by atoms with Crippen LogP contribution in [0.4, 0.5) is 0 Å². The predicted molar refractivity (Wildman–Crippen MR) is 92.8 cm³/mol. The largest absolute Gasteiger partial charge is 0.454 e. The molecular weight excluding hydrogens is 316 g/mol. The van der Waals surface area contributed by atoms with Crippen molar-refractivity contribution in [2.24, 2.45) is 0 Å². The highest BCUT2D eigenvalue weighted by atomic mass is 16.7. The van der Waals surface area contributed by atoms with Crippen LogP contribution < -0.4 is 9.47 Å². The molecule has 3 heterocycles. The zero-order valence-electron chi connectivity index (χ0n) is 14.0. The van der Waals surface area contributed by atoms with Gasteiger partial charge in [0, 0.05) is 37.8 Å². The van der Waals surface area contributed by atoms with Crippen LogP contribution in [0.5, 0.6) is 11.5 Å². The Morgan fingerprint density at radius 3 is 2.68 bits per heavy atom. The molecule has 0 atom stereocenters. The molecule has 0 spiro atoms. The summed E-state index contributed by atoms with van der Waals surface area (Å²) in [5, 5.41) is 0. The van der Waals surface area contributed by atoms with Gasteiger partial charge in [-0.25, -0.2) is 0 Å². The molecule has 0 bridgehead atoms. The Balaban J connectivity index is 1.23. The molecule has 25 heavy (non-hydrogen) atoms. The second-order valence-corrected chi connectivity index (χ2v) is 6.92. The molecule has 3 aliphatic heterocycles. The molecule has 128 valence electrons. The summed E-state index contributed by atoms with van der Waals surface area (Å²) in [7, 11) is 0. The SMILES string of the molecule is O=C(c1ccc2c(c1)OCO2)N1CC(N2CCc3ccccc3C2)C1. The molecule has 0 unspecified atom stereocenters. The van der Waals surface area contributed by atoms with Crippen LogP contribution in [0, 0.1) is 0 Å². The third-order valence-electron chi connectivity index (χ3n) is 5.45. The normalized spacial score (nSPS) is 19.4. The van der Waals surface area contributed by atoms with Gasteiger partial charge in [-0.3, -0.25) is 9.69 Å². The van der Waals surface area contributed by atoms with Crippen LogP contribution in [0.1, 0.15) is 21.5 Å². The summed E-state index contributed by atoms with van der Waals surface area (Å²) in [5.74, 6) is 1.45. The number of hydrogen-bond acceptors (Lipinski definition) is 4. The first kappa shape index (κ1) is 14.8. The minimum atomic E-state index is 0.0759. The van der Waals surface area contributed by atoms with Crippen LogP contribution in [-0.4, -0.2) is 48.2 Å². The fourth-order valence-electron chi connectivity index (χ4n) is 3.89. The Hall–Kier alpha value is -2.53. The molecular formula is C20H20N2O3. The summed E-state index contributed by atoms with van der Waals surface area (Å²) in [5.41, 5.74) is 3.56. The molecule has 0 radical (unpaired) electrons. The van der Waals surface area contributed by atoms with Crippen LogP contribution in [0.2, 0.25) is 0 Å². The summed E-state index contributed by atoms with van der Waals surface area (Å²) < 4.78 is 10.7. The third-order valence-corrected chi connectivity index (χ3v) is 5.45. The number of amides is 1. The van der Waals surface area contributed by atoms with Crippen molar-refractivity contribution < 1.29 is 14.3 Å². The van der Waals surface area contributed by atoms with Crippen LogP contribution >= 0.6 is 0 Å². The van der Waals surface area contributed by atoms with Crippen molar-refractivity contribution in [3.05, 3.63) is 59.2 Å². The van der Waals surface area contributed by atoms with E-state index in [1.165, 1.54) is 11.1 Å². The maximum absolute atomic E-state index is 12.7. The summed E-state index contributed by atoms with van der Waals surface area (Å²) in [6.07, 6.45) is 1.10. The zero-order chi connectivity index (χ0) is 16.8. The zero-order valence-corrected chi connectivity index (χ0v) is 14.0. The maximum Gasteiger partial charge on any atom is 0.254 e. The highest BCUT2D eigenvalue weighted by molar-refractivity contribution is 5.95. The van der Waals surface area contributed by atoms with E-state index in [4.69, 9.17) is 9.47 Å². The number of carbonyl (C=O) groups is 1. The first-order chi connectivity index (χ1) is 12.3. The van der Waals surface area contributed by atoms with Gasteiger partial charge in [0.1, 0.15) is 0 Å². The van der Waals surface area contributed by atoms with Crippen molar-refractivity contribution in [2.45, 2.75) is 19.0 Å². The molecule has 5 nitrogen and oxygen atoms in total. The van der Waals surface area contributed by atoms with E-state index in [2.05, 4.69) is 29.2 Å². The van der Waals surface area contributed by atoms with E-state index in [9.17, 15) is 4.79 Å². The van der Waals surface area contributed by atoms with Gasteiger partial charge in [0.05, 0.1) is 0 Å². The van der Waals surface area contributed by atoms with Crippen molar-refractivity contribution in [3.8, 4) is 11.5 Å². The topological polar surface area (TPSA) is 42.0 Å². The van der Waals surface area contributed by atoms with Gasteiger partial charge >= 0.3 is 0 Å². The number of benzene rings is 2. The molecule has 0 N–H and O–H groups in total. The van der Waals surface area contributed by atoms with Gasteiger partial charge in [-0.1, -0.05) is 24.3 Å². The number of ether oxygens (including phenoxy) is 2. The molecule has 3 aliphatic rings. The van der Waals surface area contributed by atoms with Crippen LogP contribution in [0.25, 0.3) is 0 Å². The number of carbonyl (C=O) groups excluding carboxylic acids is 1. The van der Waals surface area contributed by atoms with Crippen LogP contribution in [-0.2, 0) is 13.0 Å². The summed E-state index contributed by atoms with van der Waals surface area (Å²) >= 11 is 0.